The standard InChI is InChI=1S/C18H24N2O3S/c1-19-24(22,23)17-7-3-13(4-8-17)5-9-18(21)20-12-16-11-14-2-6-15(16)10-14/h2-4,6-8,14-16,19H,5,9-12H2,1H3,(H,20,21)/t14-,15+,16+/m1/s1. The van der Waals surface area contributed by atoms with Gasteiger partial charge >= 0.3 is 0 Å². The summed E-state index contributed by atoms with van der Waals surface area (Å²) in [4.78, 5) is 12.3. The first-order valence-electron chi connectivity index (χ1n) is 8.45. The van der Waals surface area contributed by atoms with E-state index < -0.39 is 10.0 Å². The largest absolute Gasteiger partial charge is 0.356 e. The van der Waals surface area contributed by atoms with Gasteiger partial charge in [0.1, 0.15) is 0 Å². The second-order valence-electron chi connectivity index (χ2n) is 6.70. The van der Waals surface area contributed by atoms with E-state index in [-0.39, 0.29) is 10.8 Å². The minimum absolute atomic E-state index is 0.0636. The third-order valence-corrected chi connectivity index (χ3v) is 6.55. The van der Waals surface area contributed by atoms with E-state index in [1.807, 2.05) is 0 Å². The number of hydrogen-bond acceptors (Lipinski definition) is 3. The van der Waals surface area contributed by atoms with Crippen molar-refractivity contribution in [2.45, 2.75) is 30.6 Å². The number of carbonyl (C=O) groups is 1. The lowest BCUT2D eigenvalue weighted by atomic mass is 9.93. The van der Waals surface area contributed by atoms with Crippen LogP contribution in [0.25, 0.3) is 0 Å². The van der Waals surface area contributed by atoms with Crippen LogP contribution in [0.1, 0.15) is 24.8 Å². The van der Waals surface area contributed by atoms with E-state index >= 15 is 0 Å². The summed E-state index contributed by atoms with van der Waals surface area (Å²) in [5, 5.41) is 3.05. The minimum atomic E-state index is -3.40. The molecule has 2 aliphatic rings. The van der Waals surface area contributed by atoms with Gasteiger partial charge in [0.05, 0.1) is 4.90 Å². The summed E-state index contributed by atoms with van der Waals surface area (Å²) in [6, 6.07) is 6.66. The van der Waals surface area contributed by atoms with Crippen molar-refractivity contribution < 1.29 is 13.2 Å². The zero-order chi connectivity index (χ0) is 17.2. The van der Waals surface area contributed by atoms with Crippen LogP contribution in [-0.4, -0.2) is 27.9 Å². The molecule has 0 aliphatic heterocycles. The van der Waals surface area contributed by atoms with E-state index in [0.29, 0.717) is 24.7 Å². The first-order chi connectivity index (χ1) is 11.5. The summed E-state index contributed by atoms with van der Waals surface area (Å²) in [6.45, 7) is 0.768. The maximum absolute atomic E-state index is 12.0. The molecule has 2 aliphatic carbocycles. The molecular weight excluding hydrogens is 324 g/mol. The molecule has 0 aromatic heterocycles. The van der Waals surface area contributed by atoms with Gasteiger partial charge in [-0.05, 0) is 61.8 Å². The van der Waals surface area contributed by atoms with Crippen LogP contribution in [0.15, 0.2) is 41.3 Å². The van der Waals surface area contributed by atoms with E-state index in [2.05, 4.69) is 22.2 Å². The van der Waals surface area contributed by atoms with Crippen molar-refractivity contribution in [1.82, 2.24) is 10.0 Å². The number of allylic oxidation sites excluding steroid dienone is 2. The number of amides is 1. The minimum Gasteiger partial charge on any atom is -0.356 e. The second kappa shape index (κ2) is 7.07. The van der Waals surface area contributed by atoms with E-state index in [9.17, 15) is 13.2 Å². The van der Waals surface area contributed by atoms with Gasteiger partial charge < -0.3 is 5.32 Å². The Hall–Kier alpha value is -1.66. The first kappa shape index (κ1) is 17.2. The van der Waals surface area contributed by atoms with Gasteiger partial charge in [-0.2, -0.15) is 0 Å². The predicted octanol–water partition coefficient (Wildman–Crippen LogP) is 1.86. The highest BCUT2D eigenvalue weighted by Gasteiger charge is 2.35. The van der Waals surface area contributed by atoms with E-state index in [1.54, 1.807) is 24.3 Å². The van der Waals surface area contributed by atoms with Crippen molar-refractivity contribution in [2.24, 2.45) is 17.8 Å². The number of aryl methyl sites for hydroxylation is 1. The molecule has 2 bridgehead atoms. The van der Waals surface area contributed by atoms with E-state index in [0.717, 1.165) is 18.0 Å². The Labute approximate surface area is 143 Å². The van der Waals surface area contributed by atoms with Crippen LogP contribution in [-0.2, 0) is 21.2 Å². The molecular formula is C18H24N2O3S. The fourth-order valence-electron chi connectivity index (χ4n) is 3.67. The fourth-order valence-corrected chi connectivity index (χ4v) is 4.40. The topological polar surface area (TPSA) is 75.3 Å². The lowest BCUT2D eigenvalue weighted by Crippen LogP contribution is -2.31. The normalized spacial score (nSPS) is 25.1. The zero-order valence-corrected chi connectivity index (χ0v) is 14.7. The Balaban J connectivity index is 1.44. The molecule has 1 amide bonds. The molecule has 0 unspecified atom stereocenters. The molecule has 5 nitrogen and oxygen atoms in total. The predicted molar refractivity (Wildman–Crippen MR) is 92.9 cm³/mol. The zero-order valence-electron chi connectivity index (χ0n) is 13.9. The molecule has 24 heavy (non-hydrogen) atoms. The SMILES string of the molecule is CNS(=O)(=O)c1ccc(CCC(=O)NC[C@@H]2C[C@@H]3C=C[C@H]2C3)cc1. The Kier molecular flexibility index (Phi) is 5.06. The lowest BCUT2D eigenvalue weighted by Gasteiger charge is -2.18. The lowest BCUT2D eigenvalue weighted by molar-refractivity contribution is -0.121. The van der Waals surface area contributed by atoms with Crippen molar-refractivity contribution in [3.8, 4) is 0 Å². The molecule has 1 fully saturated rings. The van der Waals surface area contributed by atoms with Crippen molar-refractivity contribution in [3.05, 3.63) is 42.0 Å². The van der Waals surface area contributed by atoms with Crippen LogP contribution in [0.5, 0.6) is 0 Å². The summed E-state index contributed by atoms with van der Waals surface area (Å²) in [6.07, 6.45) is 8.09. The number of fused-ring (bicyclic) bond motifs is 2. The number of benzene rings is 1. The Morgan fingerprint density at radius 3 is 2.50 bits per heavy atom. The van der Waals surface area contributed by atoms with Gasteiger partial charge in [0, 0.05) is 13.0 Å². The molecule has 3 atom stereocenters. The molecule has 2 N–H and O–H groups in total. The second-order valence-corrected chi connectivity index (χ2v) is 8.58. The van der Waals surface area contributed by atoms with Crippen molar-refractivity contribution in [3.63, 3.8) is 0 Å². The molecule has 1 aromatic rings. The van der Waals surface area contributed by atoms with E-state index in [1.165, 1.54) is 19.9 Å². The fraction of sp³-hybridized carbons (Fsp3) is 0.500. The molecule has 0 radical (unpaired) electrons. The summed E-state index contributed by atoms with van der Waals surface area (Å²) >= 11 is 0. The summed E-state index contributed by atoms with van der Waals surface area (Å²) in [5.41, 5.74) is 0.961. The average Bonchev–Trinajstić information content (AvgIpc) is 3.21. The van der Waals surface area contributed by atoms with Gasteiger partial charge in [-0.15, -0.1) is 0 Å². The molecule has 6 heteroatoms. The number of sulfonamides is 1. The van der Waals surface area contributed by atoms with Crippen molar-refractivity contribution in [1.29, 1.82) is 0 Å². The maximum Gasteiger partial charge on any atom is 0.240 e. The van der Waals surface area contributed by atoms with Gasteiger partial charge in [0.25, 0.3) is 0 Å². The van der Waals surface area contributed by atoms with Crippen LogP contribution in [0.2, 0.25) is 0 Å². The Bertz CT molecular complexity index is 725. The van der Waals surface area contributed by atoms with Crippen molar-refractivity contribution in [2.75, 3.05) is 13.6 Å². The van der Waals surface area contributed by atoms with Gasteiger partial charge in [-0.25, -0.2) is 13.1 Å². The van der Waals surface area contributed by atoms with Gasteiger partial charge in [0.15, 0.2) is 0 Å². The van der Waals surface area contributed by atoms with Crippen LogP contribution in [0.4, 0.5) is 0 Å². The Morgan fingerprint density at radius 2 is 1.92 bits per heavy atom. The smallest absolute Gasteiger partial charge is 0.240 e. The first-order valence-corrected chi connectivity index (χ1v) is 9.94. The van der Waals surface area contributed by atoms with Gasteiger partial charge in [0.2, 0.25) is 15.9 Å². The number of rotatable bonds is 7. The average molecular weight is 348 g/mol. The highest BCUT2D eigenvalue weighted by atomic mass is 32.2. The van der Waals surface area contributed by atoms with Crippen LogP contribution in [0.3, 0.4) is 0 Å². The highest BCUT2D eigenvalue weighted by Crippen LogP contribution is 2.42. The third-order valence-electron chi connectivity index (χ3n) is 5.12. The van der Waals surface area contributed by atoms with Gasteiger partial charge in [-0.3, -0.25) is 4.79 Å². The molecule has 3 rings (SSSR count). The van der Waals surface area contributed by atoms with E-state index in [4.69, 9.17) is 0 Å². The monoisotopic (exact) mass is 348 g/mol. The van der Waals surface area contributed by atoms with Crippen LogP contribution < -0.4 is 10.0 Å². The molecule has 1 saturated carbocycles. The van der Waals surface area contributed by atoms with Crippen LogP contribution >= 0.6 is 0 Å². The number of carbonyl (C=O) groups excluding carboxylic acids is 1. The van der Waals surface area contributed by atoms with Crippen LogP contribution in [0, 0.1) is 17.8 Å². The summed E-state index contributed by atoms with van der Waals surface area (Å²) in [7, 11) is -2.01. The molecule has 0 spiro atoms. The quantitative estimate of drug-likeness (QED) is 0.739. The van der Waals surface area contributed by atoms with Gasteiger partial charge in [-0.1, -0.05) is 24.3 Å². The number of nitrogens with one attached hydrogen (secondary N) is 2. The third kappa shape index (κ3) is 3.87. The number of hydrogen-bond donors (Lipinski definition) is 2. The highest BCUT2D eigenvalue weighted by molar-refractivity contribution is 7.89. The molecule has 0 heterocycles. The van der Waals surface area contributed by atoms with Crippen molar-refractivity contribution >= 4 is 15.9 Å². The molecule has 0 saturated heterocycles. The molecule has 130 valence electrons. The summed E-state index contributed by atoms with van der Waals surface area (Å²) in [5.74, 6) is 2.03. The summed E-state index contributed by atoms with van der Waals surface area (Å²) < 4.78 is 25.6. The Morgan fingerprint density at radius 1 is 1.17 bits per heavy atom. The molecule has 1 aromatic carbocycles. The maximum atomic E-state index is 12.0.